The van der Waals surface area contributed by atoms with Crippen molar-refractivity contribution in [2.24, 2.45) is 11.3 Å². The molecule has 0 aliphatic carbocycles. The minimum absolute atomic E-state index is 0.0731. The van der Waals surface area contributed by atoms with Crippen molar-refractivity contribution in [2.45, 2.75) is 33.5 Å². The number of hydrogen-bond acceptors (Lipinski definition) is 6. The number of carbonyl (C=O) groups is 1. The molecule has 36 heavy (non-hydrogen) atoms. The Bertz CT molecular complexity index is 1230. The van der Waals surface area contributed by atoms with E-state index in [0.717, 1.165) is 17.4 Å². The van der Waals surface area contributed by atoms with Crippen LogP contribution in [0.5, 0.6) is 0 Å². The summed E-state index contributed by atoms with van der Waals surface area (Å²) in [6, 6.07) is 24.4. The van der Waals surface area contributed by atoms with Gasteiger partial charge in [0.2, 0.25) is 0 Å². The first-order valence-electron chi connectivity index (χ1n) is 12.1. The highest BCUT2D eigenvalue weighted by Gasteiger charge is 2.48. The van der Waals surface area contributed by atoms with Crippen LogP contribution in [-0.4, -0.2) is 32.7 Å². The molecule has 0 spiro atoms. The van der Waals surface area contributed by atoms with Gasteiger partial charge in [0.1, 0.15) is 6.23 Å². The van der Waals surface area contributed by atoms with Crippen LogP contribution in [0, 0.1) is 11.3 Å². The lowest BCUT2D eigenvalue weighted by Gasteiger charge is -2.53. The lowest BCUT2D eigenvalue weighted by molar-refractivity contribution is 0.00495. The standard InChI is InChI=1S/C28H30N3O3SSi/c1-28(2,3)23-18-31(27-30-20(19-35-27)17-29-25(32)24-15-10-16-33-24)26(23)34-36(21-11-6-4-7-12-21)22-13-8-5-9-14-22/h4-16,19,23,26H,17-18H2,1-3H3,(H,29,32). The first-order valence-corrected chi connectivity index (χ1v) is 14.4. The maximum absolute atomic E-state index is 12.2. The van der Waals surface area contributed by atoms with Gasteiger partial charge in [0.25, 0.3) is 14.9 Å². The minimum Gasteiger partial charge on any atom is -0.459 e. The normalized spacial score (nSPS) is 17.7. The SMILES string of the molecule is CC(C)(C)C1CN(c2nc(CNC(=O)c3ccco3)cs2)C1O[Si](c1ccccc1)c1ccccc1. The molecule has 5 rings (SSSR count). The Hall–Kier alpha value is -3.20. The molecule has 185 valence electrons. The number of aromatic nitrogens is 1. The summed E-state index contributed by atoms with van der Waals surface area (Å²) in [5, 5.41) is 8.26. The molecular weight excluding hydrogens is 486 g/mol. The number of benzene rings is 2. The highest BCUT2D eigenvalue weighted by molar-refractivity contribution is 7.13. The molecule has 2 aromatic heterocycles. The van der Waals surface area contributed by atoms with Gasteiger partial charge in [-0.2, -0.15) is 0 Å². The van der Waals surface area contributed by atoms with Crippen molar-refractivity contribution in [1.82, 2.24) is 10.3 Å². The van der Waals surface area contributed by atoms with E-state index in [1.54, 1.807) is 23.5 Å². The Labute approximate surface area is 217 Å². The highest BCUT2D eigenvalue weighted by atomic mass is 32.1. The van der Waals surface area contributed by atoms with E-state index < -0.39 is 9.04 Å². The lowest BCUT2D eigenvalue weighted by atomic mass is 9.74. The zero-order valence-corrected chi connectivity index (χ0v) is 22.5. The lowest BCUT2D eigenvalue weighted by Crippen LogP contribution is -2.65. The van der Waals surface area contributed by atoms with Gasteiger partial charge < -0.3 is 19.1 Å². The van der Waals surface area contributed by atoms with Gasteiger partial charge in [0.05, 0.1) is 18.5 Å². The second kappa shape index (κ2) is 10.4. The first kappa shape index (κ1) is 24.5. The number of furan rings is 1. The van der Waals surface area contributed by atoms with Crippen molar-refractivity contribution in [1.29, 1.82) is 0 Å². The molecule has 1 aliphatic rings. The average molecular weight is 517 g/mol. The van der Waals surface area contributed by atoms with E-state index in [4.69, 9.17) is 13.8 Å². The molecule has 6 nitrogen and oxygen atoms in total. The third-order valence-corrected chi connectivity index (χ3v) is 9.55. The summed E-state index contributed by atoms with van der Waals surface area (Å²) >= 11 is 1.59. The quantitative estimate of drug-likeness (QED) is 0.354. The number of carbonyl (C=O) groups excluding carboxylic acids is 1. The molecule has 2 unspecified atom stereocenters. The predicted molar refractivity (Wildman–Crippen MR) is 145 cm³/mol. The number of anilines is 1. The number of nitrogens with one attached hydrogen (secondary N) is 1. The summed E-state index contributed by atoms with van der Waals surface area (Å²) in [5.74, 6) is 0.424. The fourth-order valence-corrected chi connectivity index (χ4v) is 7.29. The molecular formula is C28H30N3O3SSi. The van der Waals surface area contributed by atoms with Crippen LogP contribution in [0.15, 0.2) is 88.9 Å². The van der Waals surface area contributed by atoms with Gasteiger partial charge in [-0.15, -0.1) is 11.3 Å². The zero-order chi connectivity index (χ0) is 25.1. The largest absolute Gasteiger partial charge is 0.459 e. The van der Waals surface area contributed by atoms with Gasteiger partial charge in [-0.3, -0.25) is 4.79 Å². The molecule has 1 N–H and O–H groups in total. The highest BCUT2D eigenvalue weighted by Crippen LogP contribution is 2.43. The van der Waals surface area contributed by atoms with Gasteiger partial charge >= 0.3 is 0 Å². The van der Waals surface area contributed by atoms with Gasteiger partial charge in [-0.05, 0) is 27.9 Å². The smallest absolute Gasteiger partial charge is 0.287 e. The third-order valence-electron chi connectivity index (χ3n) is 6.43. The molecule has 2 aromatic carbocycles. The van der Waals surface area contributed by atoms with Gasteiger partial charge in [0.15, 0.2) is 10.9 Å². The van der Waals surface area contributed by atoms with Crippen LogP contribution >= 0.6 is 11.3 Å². The van der Waals surface area contributed by atoms with Crippen molar-refractivity contribution in [3.63, 3.8) is 0 Å². The molecule has 3 heterocycles. The van der Waals surface area contributed by atoms with Crippen LogP contribution in [0.25, 0.3) is 0 Å². The van der Waals surface area contributed by atoms with Crippen molar-refractivity contribution < 1.29 is 13.6 Å². The van der Waals surface area contributed by atoms with Crippen LogP contribution in [-0.2, 0) is 11.0 Å². The fourth-order valence-electron chi connectivity index (χ4n) is 4.30. The van der Waals surface area contributed by atoms with Crippen LogP contribution < -0.4 is 20.6 Å². The molecule has 1 aliphatic heterocycles. The first-order chi connectivity index (χ1) is 17.4. The number of nitrogens with zero attached hydrogens (tertiary/aromatic N) is 2. The Morgan fingerprint density at radius 2 is 1.75 bits per heavy atom. The molecule has 1 radical (unpaired) electrons. The molecule has 0 bridgehead atoms. The molecule has 2 atom stereocenters. The molecule has 8 heteroatoms. The van der Waals surface area contributed by atoms with Crippen LogP contribution in [0.1, 0.15) is 37.0 Å². The summed E-state index contributed by atoms with van der Waals surface area (Å²) in [4.78, 5) is 19.3. The van der Waals surface area contributed by atoms with E-state index in [1.807, 2.05) is 17.5 Å². The Balaban J connectivity index is 1.36. The third kappa shape index (κ3) is 5.30. The molecule has 4 aromatic rings. The number of hydrogen-bond donors (Lipinski definition) is 1. The topological polar surface area (TPSA) is 67.6 Å². The summed E-state index contributed by atoms with van der Waals surface area (Å²) in [5.41, 5.74) is 0.919. The summed E-state index contributed by atoms with van der Waals surface area (Å²) in [6.07, 6.45) is 1.42. The molecule has 1 amide bonds. The minimum atomic E-state index is -1.46. The maximum Gasteiger partial charge on any atom is 0.287 e. The van der Waals surface area contributed by atoms with Crippen LogP contribution in [0.3, 0.4) is 0 Å². The van der Waals surface area contributed by atoms with E-state index >= 15 is 0 Å². The second-order valence-electron chi connectivity index (χ2n) is 9.98. The van der Waals surface area contributed by atoms with E-state index in [1.165, 1.54) is 16.6 Å². The molecule has 1 fully saturated rings. The fraction of sp³-hybridized carbons (Fsp3) is 0.286. The van der Waals surface area contributed by atoms with E-state index in [0.29, 0.717) is 18.2 Å². The summed E-state index contributed by atoms with van der Waals surface area (Å²) < 4.78 is 12.2. The number of rotatable bonds is 8. The predicted octanol–water partition coefficient (Wildman–Crippen LogP) is 4.30. The Morgan fingerprint density at radius 3 is 2.33 bits per heavy atom. The number of thiazole rings is 1. The van der Waals surface area contributed by atoms with Crippen molar-refractivity contribution >= 4 is 41.8 Å². The van der Waals surface area contributed by atoms with Gasteiger partial charge in [0, 0.05) is 17.8 Å². The van der Waals surface area contributed by atoms with Crippen molar-refractivity contribution in [3.8, 4) is 0 Å². The second-order valence-corrected chi connectivity index (χ2v) is 12.9. The Kier molecular flexibility index (Phi) is 7.09. The summed E-state index contributed by atoms with van der Waals surface area (Å²) in [7, 11) is -1.46. The van der Waals surface area contributed by atoms with Crippen LogP contribution in [0.4, 0.5) is 5.13 Å². The molecule has 0 saturated carbocycles. The van der Waals surface area contributed by atoms with E-state index in [2.05, 4.69) is 79.5 Å². The van der Waals surface area contributed by atoms with E-state index in [9.17, 15) is 4.79 Å². The molecule has 1 saturated heterocycles. The van der Waals surface area contributed by atoms with Gasteiger partial charge in [-0.1, -0.05) is 81.4 Å². The zero-order valence-electron chi connectivity index (χ0n) is 20.7. The van der Waals surface area contributed by atoms with E-state index in [-0.39, 0.29) is 17.6 Å². The maximum atomic E-state index is 12.2. The monoisotopic (exact) mass is 516 g/mol. The average Bonchev–Trinajstić information content (AvgIpc) is 3.56. The van der Waals surface area contributed by atoms with Crippen LogP contribution in [0.2, 0.25) is 0 Å². The van der Waals surface area contributed by atoms with Gasteiger partial charge in [-0.25, -0.2) is 4.98 Å². The summed E-state index contributed by atoms with van der Waals surface area (Å²) in [6.45, 7) is 8.07. The van der Waals surface area contributed by atoms with Crippen molar-refractivity contribution in [2.75, 3.05) is 11.4 Å². The number of amides is 1. The Morgan fingerprint density at radius 1 is 1.08 bits per heavy atom. The van der Waals surface area contributed by atoms with Crippen molar-refractivity contribution in [3.05, 3.63) is 95.9 Å².